The molecule has 0 bridgehead atoms. The SMILES string of the molecule is CC(CC(N)=NO)N(C)CCOc1ccccc1. The summed E-state index contributed by atoms with van der Waals surface area (Å²) in [5, 5.41) is 11.5. The van der Waals surface area contributed by atoms with Crippen LogP contribution in [0.5, 0.6) is 5.75 Å². The van der Waals surface area contributed by atoms with Gasteiger partial charge in [0, 0.05) is 19.0 Å². The highest BCUT2D eigenvalue weighted by molar-refractivity contribution is 5.80. The number of hydrogen-bond donors (Lipinski definition) is 2. The Bertz CT molecular complexity index is 368. The van der Waals surface area contributed by atoms with Crippen molar-refractivity contribution >= 4 is 5.84 Å². The lowest BCUT2D eigenvalue weighted by Gasteiger charge is -2.24. The molecule has 0 aliphatic heterocycles. The van der Waals surface area contributed by atoms with Crippen LogP contribution in [0.2, 0.25) is 0 Å². The molecule has 0 amide bonds. The van der Waals surface area contributed by atoms with Gasteiger partial charge in [0.15, 0.2) is 0 Å². The van der Waals surface area contributed by atoms with Gasteiger partial charge in [-0.15, -0.1) is 0 Å². The number of para-hydroxylation sites is 1. The summed E-state index contributed by atoms with van der Waals surface area (Å²) in [6.45, 7) is 3.43. The topological polar surface area (TPSA) is 71.1 Å². The Labute approximate surface area is 108 Å². The highest BCUT2D eigenvalue weighted by Crippen LogP contribution is 2.08. The zero-order valence-corrected chi connectivity index (χ0v) is 10.9. The number of nitrogens with zero attached hydrogens (tertiary/aromatic N) is 2. The zero-order valence-electron chi connectivity index (χ0n) is 10.9. The second-order valence-corrected chi connectivity index (χ2v) is 4.29. The van der Waals surface area contributed by atoms with Gasteiger partial charge in [-0.05, 0) is 26.1 Å². The normalized spacial score (nSPS) is 13.6. The molecule has 100 valence electrons. The summed E-state index contributed by atoms with van der Waals surface area (Å²) in [6.07, 6.45) is 0.540. The molecule has 1 atom stereocenters. The van der Waals surface area contributed by atoms with Crippen LogP contribution in [0.4, 0.5) is 0 Å². The van der Waals surface area contributed by atoms with Crippen molar-refractivity contribution in [3.05, 3.63) is 30.3 Å². The summed E-state index contributed by atoms with van der Waals surface area (Å²) >= 11 is 0. The van der Waals surface area contributed by atoms with Gasteiger partial charge in [0.1, 0.15) is 18.2 Å². The molecule has 1 unspecified atom stereocenters. The molecule has 18 heavy (non-hydrogen) atoms. The fourth-order valence-electron chi connectivity index (χ4n) is 1.54. The van der Waals surface area contributed by atoms with E-state index in [2.05, 4.69) is 10.1 Å². The van der Waals surface area contributed by atoms with Crippen LogP contribution in [0.1, 0.15) is 13.3 Å². The third-order valence-corrected chi connectivity index (χ3v) is 2.84. The monoisotopic (exact) mass is 251 g/mol. The molecule has 0 aliphatic carbocycles. The van der Waals surface area contributed by atoms with Crippen molar-refractivity contribution in [3.63, 3.8) is 0 Å². The summed E-state index contributed by atoms with van der Waals surface area (Å²) in [6, 6.07) is 9.91. The second kappa shape index (κ2) is 7.55. The van der Waals surface area contributed by atoms with E-state index in [9.17, 15) is 0 Å². The minimum absolute atomic E-state index is 0.209. The summed E-state index contributed by atoms with van der Waals surface area (Å²) in [7, 11) is 1.99. The Kier molecular flexibility index (Phi) is 6.00. The maximum Gasteiger partial charge on any atom is 0.140 e. The number of hydrogen-bond acceptors (Lipinski definition) is 4. The lowest BCUT2D eigenvalue weighted by Crippen LogP contribution is -2.35. The lowest BCUT2D eigenvalue weighted by molar-refractivity contribution is 0.201. The minimum atomic E-state index is 0.209. The van der Waals surface area contributed by atoms with Crippen molar-refractivity contribution in [1.29, 1.82) is 0 Å². The molecule has 0 fully saturated rings. The van der Waals surface area contributed by atoms with Crippen LogP contribution in [-0.4, -0.2) is 42.2 Å². The first kappa shape index (κ1) is 14.3. The predicted octanol–water partition coefficient (Wildman–Crippen LogP) is 1.52. The summed E-state index contributed by atoms with van der Waals surface area (Å²) in [5.74, 6) is 1.12. The molecule has 5 nitrogen and oxygen atoms in total. The van der Waals surface area contributed by atoms with Gasteiger partial charge in [-0.2, -0.15) is 0 Å². The van der Waals surface area contributed by atoms with Crippen LogP contribution in [0, 0.1) is 0 Å². The van der Waals surface area contributed by atoms with Gasteiger partial charge >= 0.3 is 0 Å². The molecule has 0 saturated carbocycles. The fourth-order valence-corrected chi connectivity index (χ4v) is 1.54. The number of benzene rings is 1. The first-order chi connectivity index (χ1) is 8.63. The molecule has 1 rings (SSSR count). The Balaban J connectivity index is 2.26. The van der Waals surface area contributed by atoms with Crippen LogP contribution in [-0.2, 0) is 0 Å². The zero-order chi connectivity index (χ0) is 13.4. The van der Waals surface area contributed by atoms with E-state index in [4.69, 9.17) is 15.7 Å². The lowest BCUT2D eigenvalue weighted by atomic mass is 10.2. The van der Waals surface area contributed by atoms with E-state index >= 15 is 0 Å². The van der Waals surface area contributed by atoms with Crippen LogP contribution in [0.3, 0.4) is 0 Å². The molecule has 0 saturated heterocycles. The molecule has 3 N–H and O–H groups in total. The van der Waals surface area contributed by atoms with Crippen molar-refractivity contribution in [2.75, 3.05) is 20.2 Å². The molecule has 0 radical (unpaired) electrons. The maximum absolute atomic E-state index is 8.51. The van der Waals surface area contributed by atoms with Crippen LogP contribution in [0.25, 0.3) is 0 Å². The number of rotatable bonds is 7. The Hall–Kier alpha value is -1.75. The van der Waals surface area contributed by atoms with E-state index in [-0.39, 0.29) is 11.9 Å². The largest absolute Gasteiger partial charge is 0.492 e. The third kappa shape index (κ3) is 5.05. The molecular formula is C13H21N3O2. The van der Waals surface area contributed by atoms with E-state index in [1.54, 1.807) is 0 Å². The molecule has 1 aromatic carbocycles. The maximum atomic E-state index is 8.51. The molecule has 0 heterocycles. The number of amidine groups is 1. The van der Waals surface area contributed by atoms with E-state index in [1.165, 1.54) is 0 Å². The second-order valence-electron chi connectivity index (χ2n) is 4.29. The minimum Gasteiger partial charge on any atom is -0.492 e. The molecule has 1 aromatic rings. The highest BCUT2D eigenvalue weighted by atomic mass is 16.5. The van der Waals surface area contributed by atoms with Gasteiger partial charge in [0.05, 0.1) is 0 Å². The first-order valence-corrected chi connectivity index (χ1v) is 5.98. The average Bonchev–Trinajstić information content (AvgIpc) is 2.39. The Morgan fingerprint density at radius 3 is 2.72 bits per heavy atom. The number of oxime groups is 1. The summed E-state index contributed by atoms with van der Waals surface area (Å²) < 4.78 is 5.61. The van der Waals surface area contributed by atoms with Crippen molar-refractivity contribution < 1.29 is 9.94 Å². The number of nitrogens with two attached hydrogens (primary N) is 1. The Morgan fingerprint density at radius 1 is 1.44 bits per heavy atom. The quantitative estimate of drug-likeness (QED) is 0.333. The number of likely N-dealkylation sites (N-methyl/N-ethyl adjacent to an activating group) is 1. The van der Waals surface area contributed by atoms with Crippen molar-refractivity contribution in [2.45, 2.75) is 19.4 Å². The van der Waals surface area contributed by atoms with E-state index in [1.807, 2.05) is 44.3 Å². The first-order valence-electron chi connectivity index (χ1n) is 5.98. The van der Waals surface area contributed by atoms with Gasteiger partial charge < -0.3 is 15.7 Å². The standard InChI is InChI=1S/C13H21N3O2/c1-11(10-13(14)15-17)16(2)8-9-18-12-6-4-3-5-7-12/h3-7,11,17H,8-10H2,1-2H3,(H2,14,15). The predicted molar refractivity (Wildman–Crippen MR) is 72.1 cm³/mol. The fraction of sp³-hybridized carbons (Fsp3) is 0.462. The van der Waals surface area contributed by atoms with Gasteiger partial charge in [-0.25, -0.2) is 0 Å². The third-order valence-electron chi connectivity index (χ3n) is 2.84. The highest BCUT2D eigenvalue weighted by Gasteiger charge is 2.11. The van der Waals surface area contributed by atoms with Crippen LogP contribution >= 0.6 is 0 Å². The van der Waals surface area contributed by atoms with Gasteiger partial charge in [-0.3, -0.25) is 4.90 Å². The van der Waals surface area contributed by atoms with Crippen LogP contribution in [0.15, 0.2) is 35.5 Å². The van der Waals surface area contributed by atoms with Gasteiger partial charge in [-0.1, -0.05) is 23.4 Å². The van der Waals surface area contributed by atoms with Crippen molar-refractivity contribution in [3.8, 4) is 5.75 Å². The van der Waals surface area contributed by atoms with Crippen molar-refractivity contribution in [1.82, 2.24) is 4.90 Å². The summed E-state index contributed by atoms with van der Waals surface area (Å²) in [4.78, 5) is 2.11. The van der Waals surface area contributed by atoms with E-state index in [0.29, 0.717) is 13.0 Å². The van der Waals surface area contributed by atoms with Crippen LogP contribution < -0.4 is 10.5 Å². The molecular weight excluding hydrogens is 230 g/mol. The van der Waals surface area contributed by atoms with Gasteiger partial charge in [0.2, 0.25) is 0 Å². The molecule has 0 spiro atoms. The van der Waals surface area contributed by atoms with E-state index in [0.717, 1.165) is 12.3 Å². The molecule has 0 aliphatic rings. The Morgan fingerprint density at radius 2 is 2.11 bits per heavy atom. The molecule has 0 aromatic heterocycles. The van der Waals surface area contributed by atoms with Crippen molar-refractivity contribution in [2.24, 2.45) is 10.9 Å². The van der Waals surface area contributed by atoms with E-state index < -0.39 is 0 Å². The van der Waals surface area contributed by atoms with Gasteiger partial charge in [0.25, 0.3) is 0 Å². The average molecular weight is 251 g/mol. The smallest absolute Gasteiger partial charge is 0.140 e. The summed E-state index contributed by atoms with van der Waals surface area (Å²) in [5.41, 5.74) is 5.47. The number of ether oxygens (including phenoxy) is 1. The molecule has 5 heteroatoms.